The number of alkyl carbamates (subject to hydrolysis) is 1. The predicted octanol–water partition coefficient (Wildman–Crippen LogP) is 3.92. The molecule has 2 rings (SSSR count). The summed E-state index contributed by atoms with van der Waals surface area (Å²) in [4.78, 5) is 50.2. The van der Waals surface area contributed by atoms with E-state index in [1.54, 1.807) is 89.7 Å². The number of aryl methyl sites for hydroxylation is 1. The van der Waals surface area contributed by atoms with Crippen LogP contribution in [0.3, 0.4) is 0 Å². The van der Waals surface area contributed by atoms with Crippen LogP contribution in [-0.4, -0.2) is 52.2 Å². The smallest absolute Gasteiger partial charge is 0.407 e. The van der Waals surface area contributed by atoms with Crippen molar-refractivity contribution in [1.29, 1.82) is 0 Å². The van der Waals surface area contributed by atoms with E-state index in [1.165, 1.54) is 0 Å². The molecule has 0 fully saturated rings. The topological polar surface area (TPSA) is 154 Å². The standard InChI is InChI=1S/C29H43N5O6/c1-28(2,3)39-26(37)22(13-8-9-14-31-27(38)40-29(4,5)6)33-24(35)16-19-11-10-12-21(15-19)32-25(36)23-17-20(30)18-34(23)7/h10-12,15,17-18,22H,8-9,13-14,16,30H2,1-7H3,(H,31,38)(H,32,36)(H,33,35). The van der Waals surface area contributed by atoms with Crippen LogP contribution in [0.2, 0.25) is 0 Å². The van der Waals surface area contributed by atoms with Gasteiger partial charge in [-0.25, -0.2) is 9.59 Å². The SMILES string of the molecule is Cn1cc(N)cc1C(=O)Nc1cccc(CC(=O)NC(CCCCNC(=O)OC(C)(C)C)C(=O)OC(C)(C)C)c1. The number of anilines is 2. The van der Waals surface area contributed by atoms with Gasteiger partial charge in [0.25, 0.3) is 5.91 Å². The van der Waals surface area contributed by atoms with Gasteiger partial charge in [0.05, 0.1) is 12.1 Å². The Morgan fingerprint density at radius 3 is 2.25 bits per heavy atom. The Kier molecular flexibility index (Phi) is 11.2. The number of carbonyl (C=O) groups is 4. The molecule has 5 N–H and O–H groups in total. The normalized spacial score (nSPS) is 12.3. The summed E-state index contributed by atoms with van der Waals surface area (Å²) in [7, 11) is 1.73. The average molecular weight is 558 g/mol. The minimum absolute atomic E-state index is 0.000308. The number of rotatable bonds is 11. The van der Waals surface area contributed by atoms with Gasteiger partial charge in [0.15, 0.2) is 0 Å². The highest BCUT2D eigenvalue weighted by molar-refractivity contribution is 6.03. The first-order chi connectivity index (χ1) is 18.5. The zero-order chi connectivity index (χ0) is 30.1. The molecule has 11 heteroatoms. The van der Waals surface area contributed by atoms with E-state index in [-0.39, 0.29) is 18.2 Å². The number of nitrogen functional groups attached to an aromatic ring is 1. The van der Waals surface area contributed by atoms with E-state index in [0.717, 1.165) is 0 Å². The van der Waals surface area contributed by atoms with Crippen molar-refractivity contribution in [2.75, 3.05) is 17.6 Å². The molecule has 0 spiro atoms. The molecule has 40 heavy (non-hydrogen) atoms. The second kappa shape index (κ2) is 13.9. The fraction of sp³-hybridized carbons (Fsp3) is 0.517. The van der Waals surface area contributed by atoms with Crippen LogP contribution in [-0.2, 0) is 32.5 Å². The zero-order valence-corrected chi connectivity index (χ0v) is 24.6. The van der Waals surface area contributed by atoms with Crippen LogP contribution in [0.5, 0.6) is 0 Å². The third-order valence-corrected chi connectivity index (χ3v) is 5.42. The number of nitrogens with one attached hydrogen (secondary N) is 3. The van der Waals surface area contributed by atoms with Gasteiger partial charge in [-0.3, -0.25) is 9.59 Å². The van der Waals surface area contributed by atoms with Crippen molar-refractivity contribution in [3.63, 3.8) is 0 Å². The lowest BCUT2D eigenvalue weighted by molar-refractivity contribution is -0.158. The second-order valence-electron chi connectivity index (χ2n) is 11.7. The van der Waals surface area contributed by atoms with Crippen LogP contribution in [0.25, 0.3) is 0 Å². The molecule has 1 unspecified atom stereocenters. The molecule has 1 aromatic heterocycles. The minimum Gasteiger partial charge on any atom is -0.458 e. The van der Waals surface area contributed by atoms with Crippen molar-refractivity contribution in [3.8, 4) is 0 Å². The Hall–Kier alpha value is -4.02. The highest BCUT2D eigenvalue weighted by Gasteiger charge is 2.26. The molecule has 2 aromatic rings. The Balaban J connectivity index is 1.96. The Morgan fingerprint density at radius 2 is 1.65 bits per heavy atom. The van der Waals surface area contributed by atoms with E-state index < -0.39 is 29.3 Å². The lowest BCUT2D eigenvalue weighted by atomic mass is 10.1. The van der Waals surface area contributed by atoms with Gasteiger partial charge in [-0.2, -0.15) is 0 Å². The quantitative estimate of drug-likeness (QED) is 0.241. The second-order valence-corrected chi connectivity index (χ2v) is 11.7. The molecule has 0 bridgehead atoms. The van der Waals surface area contributed by atoms with Crippen molar-refractivity contribution in [2.24, 2.45) is 7.05 Å². The number of unbranched alkanes of at least 4 members (excludes halogenated alkanes) is 1. The summed E-state index contributed by atoms with van der Waals surface area (Å²) in [5.74, 6) is -1.21. The highest BCUT2D eigenvalue weighted by atomic mass is 16.6. The van der Waals surface area contributed by atoms with E-state index in [2.05, 4.69) is 16.0 Å². The molecule has 0 saturated carbocycles. The molecule has 220 valence electrons. The van der Waals surface area contributed by atoms with E-state index in [1.807, 2.05) is 0 Å². The maximum absolute atomic E-state index is 12.9. The molecule has 1 heterocycles. The Bertz CT molecular complexity index is 1190. The molecule has 11 nitrogen and oxygen atoms in total. The summed E-state index contributed by atoms with van der Waals surface area (Å²) >= 11 is 0. The average Bonchev–Trinajstić information content (AvgIpc) is 3.13. The number of benzene rings is 1. The molecule has 0 aliphatic rings. The molecule has 0 aliphatic heterocycles. The maximum atomic E-state index is 12.9. The van der Waals surface area contributed by atoms with Crippen LogP contribution < -0.4 is 21.7 Å². The molecular formula is C29H43N5O6. The molecule has 1 aromatic carbocycles. The number of hydrogen-bond donors (Lipinski definition) is 4. The lowest BCUT2D eigenvalue weighted by Gasteiger charge is -2.25. The largest absolute Gasteiger partial charge is 0.458 e. The number of esters is 1. The summed E-state index contributed by atoms with van der Waals surface area (Å²) in [5.41, 5.74) is 6.53. The van der Waals surface area contributed by atoms with Gasteiger partial charge in [0, 0.05) is 25.5 Å². The first kappa shape index (κ1) is 32.2. The number of hydrogen-bond acceptors (Lipinski definition) is 7. The van der Waals surface area contributed by atoms with Gasteiger partial charge in [-0.15, -0.1) is 0 Å². The first-order valence-corrected chi connectivity index (χ1v) is 13.3. The number of ether oxygens (including phenoxy) is 2. The Labute approximate surface area is 236 Å². The van der Waals surface area contributed by atoms with Gasteiger partial charge in [-0.1, -0.05) is 12.1 Å². The van der Waals surface area contributed by atoms with Gasteiger partial charge < -0.3 is 35.7 Å². The number of carbonyl (C=O) groups excluding carboxylic acids is 4. The van der Waals surface area contributed by atoms with Gasteiger partial charge in [0.2, 0.25) is 5.91 Å². The number of aromatic nitrogens is 1. The summed E-state index contributed by atoms with van der Waals surface area (Å²) in [6, 6.07) is 7.66. The van der Waals surface area contributed by atoms with Gasteiger partial charge in [-0.05, 0) is 84.6 Å². The van der Waals surface area contributed by atoms with Crippen LogP contribution in [0.4, 0.5) is 16.2 Å². The fourth-order valence-electron chi connectivity index (χ4n) is 3.80. The van der Waals surface area contributed by atoms with Crippen LogP contribution in [0.1, 0.15) is 76.9 Å². The van der Waals surface area contributed by atoms with Crippen LogP contribution >= 0.6 is 0 Å². The van der Waals surface area contributed by atoms with Crippen LogP contribution in [0, 0.1) is 0 Å². The van der Waals surface area contributed by atoms with Gasteiger partial charge >= 0.3 is 12.1 Å². The minimum atomic E-state index is -0.848. The van der Waals surface area contributed by atoms with Gasteiger partial charge in [0.1, 0.15) is 22.9 Å². The third kappa shape index (κ3) is 11.8. The van der Waals surface area contributed by atoms with Crippen molar-refractivity contribution >= 4 is 35.3 Å². The lowest BCUT2D eigenvalue weighted by Crippen LogP contribution is -2.44. The van der Waals surface area contributed by atoms with E-state index in [0.29, 0.717) is 48.4 Å². The van der Waals surface area contributed by atoms with Crippen LogP contribution in [0.15, 0.2) is 36.5 Å². The number of nitrogens with zero attached hydrogens (tertiary/aromatic N) is 1. The van der Waals surface area contributed by atoms with E-state index >= 15 is 0 Å². The monoisotopic (exact) mass is 557 g/mol. The fourth-order valence-corrected chi connectivity index (χ4v) is 3.80. The molecular weight excluding hydrogens is 514 g/mol. The molecule has 0 saturated heterocycles. The van der Waals surface area contributed by atoms with Crippen molar-refractivity contribution in [2.45, 2.75) is 84.5 Å². The molecule has 1 atom stereocenters. The summed E-state index contributed by atoms with van der Waals surface area (Å²) in [5, 5.41) is 8.28. The summed E-state index contributed by atoms with van der Waals surface area (Å²) in [6.45, 7) is 11.0. The molecule has 3 amide bonds. The van der Waals surface area contributed by atoms with E-state index in [9.17, 15) is 19.2 Å². The maximum Gasteiger partial charge on any atom is 0.407 e. The number of amides is 3. The highest BCUT2D eigenvalue weighted by Crippen LogP contribution is 2.16. The van der Waals surface area contributed by atoms with Crippen molar-refractivity contribution in [1.82, 2.24) is 15.2 Å². The first-order valence-electron chi connectivity index (χ1n) is 13.3. The predicted molar refractivity (Wildman–Crippen MR) is 154 cm³/mol. The molecule has 0 radical (unpaired) electrons. The zero-order valence-electron chi connectivity index (χ0n) is 24.6. The molecule has 0 aliphatic carbocycles. The van der Waals surface area contributed by atoms with E-state index in [4.69, 9.17) is 15.2 Å². The van der Waals surface area contributed by atoms with Crippen molar-refractivity contribution < 1.29 is 28.7 Å². The Morgan fingerprint density at radius 1 is 0.975 bits per heavy atom. The third-order valence-electron chi connectivity index (χ3n) is 5.42. The number of nitrogens with two attached hydrogens (primary N) is 1. The summed E-state index contributed by atoms with van der Waals surface area (Å²) < 4.78 is 12.4. The van der Waals surface area contributed by atoms with Crippen molar-refractivity contribution in [3.05, 3.63) is 47.8 Å². The summed E-state index contributed by atoms with van der Waals surface area (Å²) in [6.07, 6.45) is 2.63.